The van der Waals surface area contributed by atoms with Crippen molar-refractivity contribution >= 4 is 5.91 Å². The Morgan fingerprint density at radius 1 is 1.65 bits per heavy atom. The normalized spacial score (nSPS) is 25.8. The summed E-state index contributed by atoms with van der Waals surface area (Å²) in [5.41, 5.74) is 5.92. The van der Waals surface area contributed by atoms with Crippen LogP contribution in [0.15, 0.2) is 18.7 Å². The molecule has 5 nitrogen and oxygen atoms in total. The molecule has 0 spiro atoms. The maximum atomic E-state index is 12.0. The Hall–Kier alpha value is -1.36. The molecular weight excluding hydrogens is 216 g/mol. The Labute approximate surface area is 101 Å². The molecule has 1 saturated carbocycles. The molecule has 2 rings (SSSR count). The molecule has 1 aromatic heterocycles. The molecule has 1 aliphatic rings. The molecular formula is C12H20N4O. The van der Waals surface area contributed by atoms with Gasteiger partial charge < -0.3 is 15.6 Å². The second-order valence-electron chi connectivity index (χ2n) is 4.87. The predicted octanol–water partition coefficient (Wildman–Crippen LogP) is 0.515. The van der Waals surface area contributed by atoms with E-state index >= 15 is 0 Å². The number of imidazole rings is 1. The molecule has 1 aliphatic carbocycles. The summed E-state index contributed by atoms with van der Waals surface area (Å²) in [5.74, 6) is 0.0999. The van der Waals surface area contributed by atoms with E-state index in [1.165, 1.54) is 0 Å². The lowest BCUT2D eigenvalue weighted by molar-refractivity contribution is -0.125. The molecule has 0 bridgehead atoms. The van der Waals surface area contributed by atoms with Crippen LogP contribution in [0.25, 0.3) is 0 Å². The fraction of sp³-hybridized carbons (Fsp3) is 0.667. The van der Waals surface area contributed by atoms with Crippen molar-refractivity contribution in [1.82, 2.24) is 14.9 Å². The van der Waals surface area contributed by atoms with Crippen LogP contribution in [0.3, 0.4) is 0 Å². The Bertz CT molecular complexity index is 363. The third kappa shape index (κ3) is 3.06. The van der Waals surface area contributed by atoms with Gasteiger partial charge in [0.2, 0.25) is 5.91 Å². The molecule has 0 radical (unpaired) electrons. The Kier molecular flexibility index (Phi) is 3.78. The van der Waals surface area contributed by atoms with Crippen molar-refractivity contribution in [2.45, 2.75) is 44.8 Å². The summed E-state index contributed by atoms with van der Waals surface area (Å²) < 4.78 is 1.96. The highest BCUT2D eigenvalue weighted by Gasteiger charge is 2.30. The SMILES string of the molecule is CC(Cn1ccnc1)NC(=O)C1CCCC1N. The molecule has 1 aromatic rings. The smallest absolute Gasteiger partial charge is 0.224 e. The quantitative estimate of drug-likeness (QED) is 0.800. The Balaban J connectivity index is 1.82. The monoisotopic (exact) mass is 236 g/mol. The third-order valence-electron chi connectivity index (χ3n) is 3.34. The first-order chi connectivity index (χ1) is 8.16. The minimum atomic E-state index is 0.000220. The van der Waals surface area contributed by atoms with E-state index in [9.17, 15) is 4.79 Å². The zero-order valence-corrected chi connectivity index (χ0v) is 10.2. The van der Waals surface area contributed by atoms with Crippen LogP contribution in [0.2, 0.25) is 0 Å². The third-order valence-corrected chi connectivity index (χ3v) is 3.34. The first kappa shape index (κ1) is 12.1. The van der Waals surface area contributed by atoms with Gasteiger partial charge in [-0.3, -0.25) is 4.79 Å². The highest BCUT2D eigenvalue weighted by molar-refractivity contribution is 5.79. The van der Waals surface area contributed by atoms with E-state index in [0.717, 1.165) is 25.8 Å². The number of carbonyl (C=O) groups is 1. The molecule has 17 heavy (non-hydrogen) atoms. The van der Waals surface area contributed by atoms with Crippen LogP contribution in [0.4, 0.5) is 0 Å². The predicted molar refractivity (Wildman–Crippen MR) is 65.1 cm³/mol. The second kappa shape index (κ2) is 5.31. The van der Waals surface area contributed by atoms with E-state index in [1.807, 2.05) is 17.7 Å². The van der Waals surface area contributed by atoms with Gasteiger partial charge in [0.25, 0.3) is 0 Å². The average molecular weight is 236 g/mol. The zero-order chi connectivity index (χ0) is 12.3. The molecule has 1 fully saturated rings. The van der Waals surface area contributed by atoms with Crippen LogP contribution in [0.1, 0.15) is 26.2 Å². The first-order valence-electron chi connectivity index (χ1n) is 6.18. The second-order valence-corrected chi connectivity index (χ2v) is 4.87. The van der Waals surface area contributed by atoms with E-state index in [1.54, 1.807) is 12.5 Å². The number of hydrogen-bond donors (Lipinski definition) is 2. The number of carbonyl (C=O) groups excluding carboxylic acids is 1. The standard InChI is InChI=1S/C12H20N4O/c1-9(7-16-6-5-14-8-16)15-12(17)10-3-2-4-11(10)13/h5-6,8-11H,2-4,7,13H2,1H3,(H,15,17). The maximum absolute atomic E-state index is 12.0. The molecule has 0 aromatic carbocycles. The molecule has 0 saturated heterocycles. The van der Waals surface area contributed by atoms with E-state index in [2.05, 4.69) is 10.3 Å². The van der Waals surface area contributed by atoms with Crippen molar-refractivity contribution in [3.05, 3.63) is 18.7 Å². The van der Waals surface area contributed by atoms with Gasteiger partial charge >= 0.3 is 0 Å². The fourth-order valence-electron chi connectivity index (χ4n) is 2.42. The largest absolute Gasteiger partial charge is 0.352 e. The molecule has 3 atom stereocenters. The van der Waals surface area contributed by atoms with Crippen molar-refractivity contribution in [1.29, 1.82) is 0 Å². The molecule has 1 amide bonds. The first-order valence-corrected chi connectivity index (χ1v) is 6.18. The zero-order valence-electron chi connectivity index (χ0n) is 10.2. The number of aromatic nitrogens is 2. The molecule has 3 N–H and O–H groups in total. The van der Waals surface area contributed by atoms with E-state index in [0.29, 0.717) is 0 Å². The fourth-order valence-corrected chi connectivity index (χ4v) is 2.42. The van der Waals surface area contributed by atoms with Gasteiger partial charge in [0, 0.05) is 31.0 Å². The Morgan fingerprint density at radius 2 is 2.47 bits per heavy atom. The van der Waals surface area contributed by atoms with Crippen LogP contribution >= 0.6 is 0 Å². The summed E-state index contributed by atoms with van der Waals surface area (Å²) in [7, 11) is 0. The van der Waals surface area contributed by atoms with Crippen LogP contribution in [-0.4, -0.2) is 27.5 Å². The summed E-state index contributed by atoms with van der Waals surface area (Å²) in [6, 6.07) is 0.139. The van der Waals surface area contributed by atoms with Gasteiger partial charge in [0.05, 0.1) is 12.2 Å². The van der Waals surface area contributed by atoms with Crippen molar-refractivity contribution in [2.75, 3.05) is 0 Å². The molecule has 1 heterocycles. The van der Waals surface area contributed by atoms with Gasteiger partial charge in [0.15, 0.2) is 0 Å². The van der Waals surface area contributed by atoms with Gasteiger partial charge in [-0.05, 0) is 19.8 Å². The van der Waals surface area contributed by atoms with Crippen LogP contribution in [0, 0.1) is 5.92 Å². The number of nitrogens with zero attached hydrogens (tertiary/aromatic N) is 2. The summed E-state index contributed by atoms with van der Waals surface area (Å²) in [4.78, 5) is 16.0. The van der Waals surface area contributed by atoms with E-state index in [-0.39, 0.29) is 23.9 Å². The van der Waals surface area contributed by atoms with Crippen LogP contribution < -0.4 is 11.1 Å². The maximum Gasteiger partial charge on any atom is 0.224 e. The minimum Gasteiger partial charge on any atom is -0.352 e. The van der Waals surface area contributed by atoms with Crippen molar-refractivity contribution in [3.63, 3.8) is 0 Å². The van der Waals surface area contributed by atoms with Gasteiger partial charge in [0.1, 0.15) is 0 Å². The summed E-state index contributed by atoms with van der Waals surface area (Å²) in [6.07, 6.45) is 8.34. The lowest BCUT2D eigenvalue weighted by Crippen LogP contribution is -2.43. The van der Waals surface area contributed by atoms with Gasteiger partial charge in [-0.25, -0.2) is 4.98 Å². The number of amides is 1. The summed E-state index contributed by atoms with van der Waals surface area (Å²) in [6.45, 7) is 2.74. The van der Waals surface area contributed by atoms with Crippen molar-refractivity contribution in [2.24, 2.45) is 11.7 Å². The van der Waals surface area contributed by atoms with E-state index < -0.39 is 0 Å². The topological polar surface area (TPSA) is 72.9 Å². The average Bonchev–Trinajstić information content (AvgIpc) is 2.88. The van der Waals surface area contributed by atoms with Crippen LogP contribution in [-0.2, 0) is 11.3 Å². The van der Waals surface area contributed by atoms with Crippen molar-refractivity contribution in [3.8, 4) is 0 Å². The van der Waals surface area contributed by atoms with Gasteiger partial charge in [-0.2, -0.15) is 0 Å². The molecule has 3 unspecified atom stereocenters. The summed E-state index contributed by atoms with van der Waals surface area (Å²) in [5, 5.41) is 3.02. The van der Waals surface area contributed by atoms with E-state index in [4.69, 9.17) is 5.73 Å². The molecule has 0 aliphatic heterocycles. The molecule has 5 heteroatoms. The lowest BCUT2D eigenvalue weighted by atomic mass is 10.0. The highest BCUT2D eigenvalue weighted by Crippen LogP contribution is 2.24. The number of nitrogens with one attached hydrogen (secondary N) is 1. The van der Waals surface area contributed by atoms with Crippen molar-refractivity contribution < 1.29 is 4.79 Å². The molecule has 94 valence electrons. The minimum absolute atomic E-state index is 0.000220. The number of hydrogen-bond acceptors (Lipinski definition) is 3. The lowest BCUT2D eigenvalue weighted by Gasteiger charge is -2.19. The van der Waals surface area contributed by atoms with Crippen LogP contribution in [0.5, 0.6) is 0 Å². The number of rotatable bonds is 4. The number of nitrogens with two attached hydrogens (primary N) is 1. The van der Waals surface area contributed by atoms with Gasteiger partial charge in [-0.15, -0.1) is 0 Å². The highest BCUT2D eigenvalue weighted by atomic mass is 16.2. The Morgan fingerprint density at radius 3 is 3.06 bits per heavy atom. The van der Waals surface area contributed by atoms with Gasteiger partial charge in [-0.1, -0.05) is 6.42 Å². The summed E-state index contributed by atoms with van der Waals surface area (Å²) >= 11 is 0.